The highest BCUT2D eigenvalue weighted by atomic mass is 32.2. The first kappa shape index (κ1) is 12.6. The SMILES string of the molecule is CSC1=NNC(CC(=O)c2ccccc2)C(=O)N1. The van der Waals surface area contributed by atoms with Crippen LogP contribution in [0.3, 0.4) is 0 Å². The number of benzene rings is 1. The van der Waals surface area contributed by atoms with Gasteiger partial charge in [-0.3, -0.25) is 15.0 Å². The Kier molecular flexibility index (Phi) is 3.99. The van der Waals surface area contributed by atoms with Crippen molar-refractivity contribution in [2.75, 3.05) is 6.26 Å². The van der Waals surface area contributed by atoms with Crippen molar-refractivity contribution < 1.29 is 9.59 Å². The molecule has 1 unspecified atom stereocenters. The topological polar surface area (TPSA) is 70.6 Å². The number of rotatable bonds is 3. The van der Waals surface area contributed by atoms with Crippen LogP contribution in [-0.4, -0.2) is 29.2 Å². The minimum absolute atomic E-state index is 0.0777. The lowest BCUT2D eigenvalue weighted by molar-refractivity contribution is -0.122. The van der Waals surface area contributed by atoms with E-state index in [9.17, 15) is 9.59 Å². The molecule has 1 aromatic carbocycles. The second-order valence-corrected chi connectivity index (χ2v) is 4.58. The maximum absolute atomic E-state index is 11.9. The molecule has 0 aromatic heterocycles. The molecule has 0 saturated carbocycles. The molecule has 2 N–H and O–H groups in total. The van der Waals surface area contributed by atoms with Crippen LogP contribution in [0.15, 0.2) is 35.4 Å². The summed E-state index contributed by atoms with van der Waals surface area (Å²) < 4.78 is 0. The number of ketones is 1. The van der Waals surface area contributed by atoms with Crippen LogP contribution in [0.2, 0.25) is 0 Å². The van der Waals surface area contributed by atoms with Gasteiger partial charge in [-0.2, -0.15) is 5.10 Å². The fourth-order valence-electron chi connectivity index (χ4n) is 1.58. The van der Waals surface area contributed by atoms with Crippen molar-refractivity contribution in [3.63, 3.8) is 0 Å². The molecule has 1 amide bonds. The number of nitrogens with one attached hydrogen (secondary N) is 2. The summed E-state index contributed by atoms with van der Waals surface area (Å²) >= 11 is 1.34. The lowest BCUT2D eigenvalue weighted by atomic mass is 10.0. The Morgan fingerprint density at radius 3 is 2.72 bits per heavy atom. The summed E-state index contributed by atoms with van der Waals surface area (Å²) in [5.74, 6) is -0.301. The van der Waals surface area contributed by atoms with Crippen LogP contribution in [0, 0.1) is 0 Å². The molecule has 1 aliphatic heterocycles. The van der Waals surface area contributed by atoms with E-state index in [2.05, 4.69) is 15.8 Å². The number of hydrogen-bond acceptors (Lipinski definition) is 5. The molecule has 1 aromatic rings. The number of Topliss-reactive ketones (excluding diaryl/α,β-unsaturated/α-hetero) is 1. The standard InChI is InChI=1S/C12H13N3O2S/c1-18-12-13-11(17)9(14-15-12)7-10(16)8-5-3-2-4-6-8/h2-6,9,14H,7H2,1H3,(H,13,15,17). The Morgan fingerprint density at radius 2 is 2.11 bits per heavy atom. The third-order valence-corrected chi connectivity index (χ3v) is 3.13. The number of hydrogen-bond donors (Lipinski definition) is 2. The van der Waals surface area contributed by atoms with Crippen LogP contribution in [0.25, 0.3) is 0 Å². The lowest BCUT2D eigenvalue weighted by Crippen LogP contribution is -2.50. The smallest absolute Gasteiger partial charge is 0.250 e. The van der Waals surface area contributed by atoms with Crippen molar-refractivity contribution in [3.05, 3.63) is 35.9 Å². The Bertz CT molecular complexity index is 487. The molecule has 1 aliphatic rings. The number of thioether (sulfide) groups is 1. The van der Waals surface area contributed by atoms with E-state index in [4.69, 9.17) is 0 Å². The molecule has 1 heterocycles. The molecular weight excluding hydrogens is 250 g/mol. The van der Waals surface area contributed by atoms with E-state index in [0.717, 1.165) is 0 Å². The van der Waals surface area contributed by atoms with E-state index in [0.29, 0.717) is 10.7 Å². The molecule has 0 radical (unpaired) electrons. The summed E-state index contributed by atoms with van der Waals surface area (Å²) in [5.41, 5.74) is 3.31. The van der Waals surface area contributed by atoms with Gasteiger partial charge in [0.2, 0.25) is 0 Å². The number of nitrogens with zero attached hydrogens (tertiary/aromatic N) is 1. The second-order valence-electron chi connectivity index (χ2n) is 3.79. The van der Waals surface area contributed by atoms with E-state index >= 15 is 0 Å². The molecule has 94 valence electrons. The van der Waals surface area contributed by atoms with Crippen molar-refractivity contribution in [1.82, 2.24) is 10.7 Å². The Balaban J connectivity index is 2.01. The van der Waals surface area contributed by atoms with E-state index in [1.165, 1.54) is 11.8 Å². The first-order valence-corrected chi connectivity index (χ1v) is 6.69. The minimum Gasteiger partial charge on any atom is -0.302 e. The molecule has 0 spiro atoms. The maximum atomic E-state index is 11.9. The summed E-state index contributed by atoms with van der Waals surface area (Å²) in [4.78, 5) is 23.6. The van der Waals surface area contributed by atoms with Crippen molar-refractivity contribution >= 4 is 28.6 Å². The summed E-state index contributed by atoms with van der Waals surface area (Å²) in [6, 6.07) is 8.31. The predicted octanol–water partition coefficient (Wildman–Crippen LogP) is 0.981. The van der Waals surface area contributed by atoms with Crippen molar-refractivity contribution in [2.45, 2.75) is 12.5 Å². The molecular formula is C12H13N3O2S. The highest BCUT2D eigenvalue weighted by Gasteiger charge is 2.26. The van der Waals surface area contributed by atoms with Crippen molar-refractivity contribution in [3.8, 4) is 0 Å². The molecule has 18 heavy (non-hydrogen) atoms. The number of hydrazone groups is 1. The van der Waals surface area contributed by atoms with Gasteiger partial charge in [0.25, 0.3) is 5.91 Å². The summed E-state index contributed by atoms with van der Waals surface area (Å²) in [6.07, 6.45) is 1.91. The molecule has 2 rings (SSSR count). The Hall–Kier alpha value is -1.82. The Morgan fingerprint density at radius 1 is 1.39 bits per heavy atom. The second kappa shape index (κ2) is 5.68. The highest BCUT2D eigenvalue weighted by Crippen LogP contribution is 2.08. The van der Waals surface area contributed by atoms with Gasteiger partial charge in [0, 0.05) is 12.0 Å². The van der Waals surface area contributed by atoms with Crippen LogP contribution >= 0.6 is 11.8 Å². The predicted molar refractivity (Wildman–Crippen MR) is 71.4 cm³/mol. The van der Waals surface area contributed by atoms with Gasteiger partial charge in [-0.25, -0.2) is 0 Å². The van der Waals surface area contributed by atoms with Gasteiger partial charge in [0.05, 0.1) is 0 Å². The first-order valence-electron chi connectivity index (χ1n) is 5.47. The molecule has 5 nitrogen and oxygen atoms in total. The quantitative estimate of drug-likeness (QED) is 0.798. The number of carbonyl (C=O) groups excluding carboxylic acids is 2. The third kappa shape index (κ3) is 2.89. The monoisotopic (exact) mass is 263 g/mol. The van der Waals surface area contributed by atoms with Crippen LogP contribution in [0.1, 0.15) is 16.8 Å². The van der Waals surface area contributed by atoms with Crippen LogP contribution in [-0.2, 0) is 4.79 Å². The fraction of sp³-hybridized carbons (Fsp3) is 0.250. The fourth-order valence-corrected chi connectivity index (χ4v) is 1.92. The number of amides is 1. The zero-order valence-corrected chi connectivity index (χ0v) is 10.7. The van der Waals surface area contributed by atoms with Gasteiger partial charge in [-0.15, -0.1) is 0 Å². The number of amidine groups is 1. The first-order chi connectivity index (χ1) is 8.70. The minimum atomic E-state index is -0.603. The van der Waals surface area contributed by atoms with Crippen molar-refractivity contribution in [1.29, 1.82) is 0 Å². The summed E-state index contributed by atoms with van der Waals surface area (Å²) in [7, 11) is 0. The number of carbonyl (C=O) groups is 2. The van der Waals surface area contributed by atoms with Crippen LogP contribution < -0.4 is 10.7 Å². The maximum Gasteiger partial charge on any atom is 0.250 e. The molecule has 0 bridgehead atoms. The Labute approximate surface area is 109 Å². The molecule has 0 fully saturated rings. The molecule has 0 aliphatic carbocycles. The summed E-state index contributed by atoms with van der Waals surface area (Å²) in [5, 5.41) is 7.12. The lowest BCUT2D eigenvalue weighted by Gasteiger charge is -2.21. The summed E-state index contributed by atoms with van der Waals surface area (Å²) in [6.45, 7) is 0. The molecule has 0 saturated heterocycles. The van der Waals surface area contributed by atoms with Gasteiger partial charge >= 0.3 is 0 Å². The van der Waals surface area contributed by atoms with Gasteiger partial charge in [-0.1, -0.05) is 42.1 Å². The van der Waals surface area contributed by atoms with E-state index in [1.54, 1.807) is 24.3 Å². The van der Waals surface area contributed by atoms with Crippen molar-refractivity contribution in [2.24, 2.45) is 5.10 Å². The van der Waals surface area contributed by atoms with Gasteiger partial charge in [-0.05, 0) is 6.26 Å². The van der Waals surface area contributed by atoms with Crippen LogP contribution in [0.5, 0.6) is 0 Å². The normalized spacial score (nSPS) is 18.6. The average Bonchev–Trinajstić information content (AvgIpc) is 2.42. The van der Waals surface area contributed by atoms with E-state index in [-0.39, 0.29) is 18.1 Å². The van der Waals surface area contributed by atoms with Gasteiger partial charge < -0.3 is 5.32 Å². The zero-order valence-electron chi connectivity index (χ0n) is 9.84. The van der Waals surface area contributed by atoms with Gasteiger partial charge in [0.1, 0.15) is 6.04 Å². The molecule has 1 atom stereocenters. The van der Waals surface area contributed by atoms with Gasteiger partial charge in [0.15, 0.2) is 11.0 Å². The van der Waals surface area contributed by atoms with Crippen LogP contribution in [0.4, 0.5) is 0 Å². The van der Waals surface area contributed by atoms with E-state index < -0.39 is 6.04 Å². The van der Waals surface area contributed by atoms with E-state index in [1.807, 2.05) is 12.3 Å². The highest BCUT2D eigenvalue weighted by molar-refractivity contribution is 8.13. The largest absolute Gasteiger partial charge is 0.302 e. The third-order valence-electron chi connectivity index (χ3n) is 2.55. The average molecular weight is 263 g/mol. The zero-order chi connectivity index (χ0) is 13.0. The molecule has 6 heteroatoms.